The van der Waals surface area contributed by atoms with Crippen LogP contribution in [0.25, 0.3) is 0 Å². The lowest BCUT2D eigenvalue weighted by Gasteiger charge is -2.21. The maximum Gasteiger partial charge on any atom is 0.321 e. The van der Waals surface area contributed by atoms with Crippen LogP contribution < -0.4 is 5.32 Å². The summed E-state index contributed by atoms with van der Waals surface area (Å²) in [5, 5.41) is 2.96. The molecule has 4 nitrogen and oxygen atoms in total. The Hall–Kier alpha value is -0.820. The van der Waals surface area contributed by atoms with Gasteiger partial charge in [0.2, 0.25) is 0 Å². The minimum Gasteiger partial charge on any atom is -0.323 e. The highest BCUT2D eigenvalue weighted by Gasteiger charge is 2.17. The second-order valence-electron chi connectivity index (χ2n) is 4.58. The number of anilines is 1. The molecular formula is C13H18IN3O. The third-order valence-corrected chi connectivity index (χ3v) is 3.75. The van der Waals surface area contributed by atoms with E-state index in [-0.39, 0.29) is 6.03 Å². The summed E-state index contributed by atoms with van der Waals surface area (Å²) < 4.78 is 1.13. The number of hydrogen-bond acceptors (Lipinski definition) is 2. The highest BCUT2D eigenvalue weighted by Crippen LogP contribution is 2.13. The molecule has 0 aliphatic carbocycles. The van der Waals surface area contributed by atoms with E-state index >= 15 is 0 Å². The molecule has 1 saturated heterocycles. The first-order valence-electron chi connectivity index (χ1n) is 6.15. The van der Waals surface area contributed by atoms with Crippen LogP contribution >= 0.6 is 22.6 Å². The summed E-state index contributed by atoms with van der Waals surface area (Å²) in [7, 11) is 2.10. The fraction of sp³-hybridized carbons (Fsp3) is 0.462. The Morgan fingerprint density at radius 1 is 1.28 bits per heavy atom. The number of halogens is 1. The van der Waals surface area contributed by atoms with E-state index < -0.39 is 0 Å². The summed E-state index contributed by atoms with van der Waals surface area (Å²) in [5.41, 5.74) is 0.865. The fourth-order valence-corrected chi connectivity index (χ4v) is 2.56. The third-order valence-electron chi connectivity index (χ3n) is 3.08. The van der Waals surface area contributed by atoms with Crippen LogP contribution in [0.4, 0.5) is 10.5 Å². The zero-order valence-corrected chi connectivity index (χ0v) is 12.7. The van der Waals surface area contributed by atoms with Gasteiger partial charge in [-0.1, -0.05) is 6.07 Å². The highest BCUT2D eigenvalue weighted by molar-refractivity contribution is 14.1. The van der Waals surface area contributed by atoms with Gasteiger partial charge in [0.25, 0.3) is 0 Å². The number of carbonyl (C=O) groups is 1. The Morgan fingerprint density at radius 2 is 2.11 bits per heavy atom. The topological polar surface area (TPSA) is 35.6 Å². The first-order chi connectivity index (χ1) is 8.65. The molecule has 2 amide bonds. The van der Waals surface area contributed by atoms with Crippen molar-refractivity contribution in [2.45, 2.75) is 6.42 Å². The number of rotatable bonds is 1. The molecule has 1 aliphatic rings. The van der Waals surface area contributed by atoms with Crippen molar-refractivity contribution in [2.24, 2.45) is 0 Å². The SMILES string of the molecule is CN1CCCN(C(=O)Nc2cccc(I)c2)CC1. The zero-order chi connectivity index (χ0) is 13.0. The predicted octanol–water partition coefficient (Wildman–Crippen LogP) is 2.46. The number of likely N-dealkylation sites (N-methyl/N-ethyl adjacent to an activating group) is 1. The third kappa shape index (κ3) is 3.84. The molecule has 0 bridgehead atoms. The maximum atomic E-state index is 12.1. The van der Waals surface area contributed by atoms with Crippen molar-refractivity contribution in [1.29, 1.82) is 0 Å². The molecule has 0 saturated carbocycles. The lowest BCUT2D eigenvalue weighted by atomic mass is 10.3. The Balaban J connectivity index is 1.95. The normalized spacial score (nSPS) is 17.3. The molecule has 1 fully saturated rings. The first kappa shape index (κ1) is 13.6. The second kappa shape index (κ2) is 6.38. The fourth-order valence-electron chi connectivity index (χ4n) is 2.02. The molecule has 0 aromatic heterocycles. The molecule has 1 aromatic carbocycles. The zero-order valence-electron chi connectivity index (χ0n) is 10.5. The van der Waals surface area contributed by atoms with Gasteiger partial charge in [-0.15, -0.1) is 0 Å². The van der Waals surface area contributed by atoms with Gasteiger partial charge in [-0.05, 0) is 60.8 Å². The molecule has 98 valence electrons. The molecule has 0 atom stereocenters. The average molecular weight is 359 g/mol. The van der Waals surface area contributed by atoms with Gasteiger partial charge >= 0.3 is 6.03 Å². The summed E-state index contributed by atoms with van der Waals surface area (Å²) in [5.74, 6) is 0. The minimum atomic E-state index is 0.00676. The van der Waals surface area contributed by atoms with Gasteiger partial charge in [-0.3, -0.25) is 0 Å². The van der Waals surface area contributed by atoms with E-state index in [2.05, 4.69) is 39.9 Å². The molecular weight excluding hydrogens is 341 g/mol. The minimum absolute atomic E-state index is 0.00676. The van der Waals surface area contributed by atoms with E-state index in [1.165, 1.54) is 0 Å². The van der Waals surface area contributed by atoms with Crippen LogP contribution in [0.1, 0.15) is 6.42 Å². The number of urea groups is 1. The van der Waals surface area contributed by atoms with Crippen LogP contribution in [0.5, 0.6) is 0 Å². The molecule has 1 heterocycles. The van der Waals surface area contributed by atoms with Crippen molar-refractivity contribution in [2.75, 3.05) is 38.5 Å². The van der Waals surface area contributed by atoms with Crippen molar-refractivity contribution in [3.63, 3.8) is 0 Å². The Morgan fingerprint density at radius 3 is 2.89 bits per heavy atom. The molecule has 2 rings (SSSR count). The van der Waals surface area contributed by atoms with Gasteiger partial charge in [0.1, 0.15) is 0 Å². The standard InChI is InChI=1S/C13H18IN3O/c1-16-6-3-7-17(9-8-16)13(18)15-12-5-2-4-11(14)10-12/h2,4-5,10H,3,6-9H2,1H3,(H,15,18). The summed E-state index contributed by atoms with van der Waals surface area (Å²) in [4.78, 5) is 16.3. The van der Waals surface area contributed by atoms with Crippen LogP contribution in [0.3, 0.4) is 0 Å². The maximum absolute atomic E-state index is 12.1. The number of nitrogens with one attached hydrogen (secondary N) is 1. The van der Waals surface area contributed by atoms with E-state index in [1.807, 2.05) is 29.2 Å². The molecule has 5 heteroatoms. The van der Waals surface area contributed by atoms with Crippen molar-refractivity contribution in [3.05, 3.63) is 27.8 Å². The van der Waals surface area contributed by atoms with Crippen LogP contribution in [0, 0.1) is 3.57 Å². The van der Waals surface area contributed by atoms with Gasteiger partial charge in [0.15, 0.2) is 0 Å². The largest absolute Gasteiger partial charge is 0.323 e. The van der Waals surface area contributed by atoms with Crippen molar-refractivity contribution in [3.8, 4) is 0 Å². The van der Waals surface area contributed by atoms with E-state index in [0.29, 0.717) is 0 Å². The van der Waals surface area contributed by atoms with E-state index in [9.17, 15) is 4.79 Å². The number of hydrogen-bond donors (Lipinski definition) is 1. The molecule has 0 spiro atoms. The van der Waals surface area contributed by atoms with Crippen LogP contribution in [0.15, 0.2) is 24.3 Å². The lowest BCUT2D eigenvalue weighted by molar-refractivity contribution is 0.213. The van der Waals surface area contributed by atoms with Crippen LogP contribution in [-0.2, 0) is 0 Å². The van der Waals surface area contributed by atoms with Crippen molar-refractivity contribution in [1.82, 2.24) is 9.80 Å². The number of carbonyl (C=O) groups excluding carboxylic acids is 1. The van der Waals surface area contributed by atoms with E-state index in [4.69, 9.17) is 0 Å². The summed E-state index contributed by atoms with van der Waals surface area (Å²) in [6, 6.07) is 7.87. The molecule has 0 unspecified atom stereocenters. The second-order valence-corrected chi connectivity index (χ2v) is 5.83. The van der Waals surface area contributed by atoms with Gasteiger partial charge in [0.05, 0.1) is 0 Å². The van der Waals surface area contributed by atoms with Crippen LogP contribution in [-0.4, -0.2) is 49.1 Å². The highest BCUT2D eigenvalue weighted by atomic mass is 127. The van der Waals surface area contributed by atoms with E-state index in [1.54, 1.807) is 0 Å². The molecule has 1 aromatic rings. The predicted molar refractivity (Wildman–Crippen MR) is 81.9 cm³/mol. The van der Waals surface area contributed by atoms with Crippen molar-refractivity contribution >= 4 is 34.3 Å². The quantitative estimate of drug-likeness (QED) is 0.782. The van der Waals surface area contributed by atoms with Gasteiger partial charge in [0, 0.05) is 28.9 Å². The summed E-state index contributed by atoms with van der Waals surface area (Å²) in [6.45, 7) is 3.64. The number of amides is 2. The first-order valence-corrected chi connectivity index (χ1v) is 7.23. The van der Waals surface area contributed by atoms with Gasteiger partial charge in [-0.2, -0.15) is 0 Å². The van der Waals surface area contributed by atoms with Gasteiger partial charge < -0.3 is 15.1 Å². The lowest BCUT2D eigenvalue weighted by Crippen LogP contribution is -2.37. The smallest absolute Gasteiger partial charge is 0.321 e. The summed E-state index contributed by atoms with van der Waals surface area (Å²) in [6.07, 6.45) is 1.04. The van der Waals surface area contributed by atoms with Gasteiger partial charge in [-0.25, -0.2) is 4.79 Å². The Kier molecular flexibility index (Phi) is 4.82. The number of benzene rings is 1. The monoisotopic (exact) mass is 359 g/mol. The molecule has 0 radical (unpaired) electrons. The molecule has 1 aliphatic heterocycles. The average Bonchev–Trinajstić information content (AvgIpc) is 2.54. The molecule has 1 N–H and O–H groups in total. The summed E-state index contributed by atoms with van der Waals surface area (Å²) >= 11 is 2.24. The van der Waals surface area contributed by atoms with Crippen LogP contribution in [0.2, 0.25) is 0 Å². The number of nitrogens with zero attached hydrogens (tertiary/aromatic N) is 2. The Labute approximate surface area is 121 Å². The van der Waals surface area contributed by atoms with E-state index in [0.717, 1.165) is 41.9 Å². The Bertz CT molecular complexity index is 424. The van der Waals surface area contributed by atoms with Crippen molar-refractivity contribution < 1.29 is 4.79 Å². The molecule has 18 heavy (non-hydrogen) atoms.